The standard InChI is InChI=1S/C16H16N2O4/c1-2-22-14(20)16-7-8-18(15(17)21)12(13(16)19)11-6-4-3-5-10(11)9-16/h3-6,9H,2,7-8H2,1H3,(H2,17,21). The van der Waals surface area contributed by atoms with Gasteiger partial charge in [0.15, 0.2) is 5.41 Å². The van der Waals surface area contributed by atoms with E-state index in [0.29, 0.717) is 5.22 Å². The smallest absolute Gasteiger partial charge is 0.324 e. The molecule has 1 aliphatic carbocycles. The van der Waals surface area contributed by atoms with Crippen molar-refractivity contribution >= 4 is 29.6 Å². The van der Waals surface area contributed by atoms with Gasteiger partial charge in [-0.3, -0.25) is 14.5 Å². The highest BCUT2D eigenvalue weighted by molar-refractivity contribution is 6.30. The Balaban J connectivity index is 2.31. The fourth-order valence-corrected chi connectivity index (χ4v) is 3.09. The fourth-order valence-electron chi connectivity index (χ4n) is 3.09. The number of hydrogen-bond acceptors (Lipinski definition) is 4. The summed E-state index contributed by atoms with van der Waals surface area (Å²) in [7, 11) is 0. The highest BCUT2D eigenvalue weighted by Gasteiger charge is 2.53. The second-order valence-corrected chi connectivity index (χ2v) is 5.34. The number of likely N-dealkylation sites (tertiary alicyclic amines) is 1. The topological polar surface area (TPSA) is 89.7 Å². The van der Waals surface area contributed by atoms with Gasteiger partial charge in [-0.1, -0.05) is 30.3 Å². The van der Waals surface area contributed by atoms with E-state index in [4.69, 9.17) is 10.5 Å². The summed E-state index contributed by atoms with van der Waals surface area (Å²) < 4.78 is 5.10. The minimum Gasteiger partial charge on any atom is -0.465 e. The van der Waals surface area contributed by atoms with Crippen molar-refractivity contribution in [1.29, 1.82) is 0 Å². The number of piperidine rings is 1. The van der Waals surface area contributed by atoms with Gasteiger partial charge in [0.2, 0.25) is 5.78 Å². The minimum absolute atomic E-state index is 0.172. The highest BCUT2D eigenvalue weighted by Crippen LogP contribution is 2.38. The predicted octanol–water partition coefficient (Wildman–Crippen LogP) is -0.508. The third-order valence-electron chi connectivity index (χ3n) is 4.14. The number of amides is 2. The maximum atomic E-state index is 12.9. The van der Waals surface area contributed by atoms with Crippen molar-refractivity contribution in [2.24, 2.45) is 11.1 Å². The number of nitrogens with two attached hydrogens (primary N) is 1. The molecule has 1 aromatic rings. The number of fused-ring (bicyclic) bond motifs is 3. The first-order chi connectivity index (χ1) is 10.5. The normalized spacial score (nSPS) is 22.7. The molecule has 0 radical (unpaired) electrons. The summed E-state index contributed by atoms with van der Waals surface area (Å²) in [6, 6.07) is 6.44. The van der Waals surface area contributed by atoms with Gasteiger partial charge in [0.1, 0.15) is 0 Å². The van der Waals surface area contributed by atoms with Crippen LogP contribution in [0, 0.1) is 5.41 Å². The average Bonchev–Trinajstić information content (AvgIpc) is 2.47. The Morgan fingerprint density at radius 1 is 1.36 bits per heavy atom. The molecule has 2 N–H and O–H groups in total. The van der Waals surface area contributed by atoms with Gasteiger partial charge < -0.3 is 10.5 Å². The first-order valence-electron chi connectivity index (χ1n) is 7.12. The summed E-state index contributed by atoms with van der Waals surface area (Å²) in [6.07, 6.45) is 1.83. The number of ether oxygens (including phenoxy) is 1. The molecule has 114 valence electrons. The van der Waals surface area contributed by atoms with Crippen LogP contribution >= 0.6 is 0 Å². The largest absolute Gasteiger partial charge is 0.465 e. The Hall–Kier alpha value is -2.63. The van der Waals surface area contributed by atoms with Crippen molar-refractivity contribution in [2.45, 2.75) is 13.3 Å². The van der Waals surface area contributed by atoms with E-state index < -0.39 is 23.2 Å². The van der Waals surface area contributed by atoms with Crippen molar-refractivity contribution < 1.29 is 19.1 Å². The van der Waals surface area contributed by atoms with E-state index in [2.05, 4.69) is 0 Å². The number of benzene rings is 1. The number of primary amides is 1. The third kappa shape index (κ3) is 1.83. The van der Waals surface area contributed by atoms with Crippen LogP contribution in [0.5, 0.6) is 0 Å². The Bertz CT molecular complexity index is 799. The molecule has 1 atom stereocenters. The van der Waals surface area contributed by atoms with Gasteiger partial charge >= 0.3 is 12.0 Å². The van der Waals surface area contributed by atoms with Crippen LogP contribution in [0.1, 0.15) is 13.3 Å². The fraction of sp³-hybridized carbons (Fsp3) is 0.312. The predicted molar refractivity (Wildman–Crippen MR) is 78.5 cm³/mol. The molecule has 1 saturated heterocycles. The summed E-state index contributed by atoms with van der Waals surface area (Å²) in [5.41, 5.74) is 4.22. The molecule has 2 bridgehead atoms. The molecule has 2 aliphatic rings. The van der Waals surface area contributed by atoms with Crippen LogP contribution in [0.25, 0.3) is 11.8 Å². The molecule has 2 amide bonds. The van der Waals surface area contributed by atoms with Gasteiger partial charge in [-0.25, -0.2) is 4.79 Å². The van der Waals surface area contributed by atoms with Crippen molar-refractivity contribution in [2.75, 3.05) is 13.2 Å². The van der Waals surface area contributed by atoms with Crippen molar-refractivity contribution in [1.82, 2.24) is 4.90 Å². The molecular formula is C16H16N2O4. The molecule has 0 aromatic heterocycles. The molecule has 3 rings (SSSR count). The molecule has 1 aliphatic heterocycles. The van der Waals surface area contributed by atoms with E-state index in [1.807, 2.05) is 6.07 Å². The zero-order valence-corrected chi connectivity index (χ0v) is 12.2. The number of Topliss-reactive ketones (excluding diaryl/α,β-unsaturated/α-hetero) is 1. The van der Waals surface area contributed by atoms with Crippen LogP contribution in [0.4, 0.5) is 4.79 Å². The van der Waals surface area contributed by atoms with Crippen molar-refractivity contribution in [3.8, 4) is 0 Å². The number of hydrogen-bond donors (Lipinski definition) is 1. The number of urea groups is 1. The second kappa shape index (κ2) is 4.98. The third-order valence-corrected chi connectivity index (χ3v) is 4.14. The maximum absolute atomic E-state index is 12.9. The number of nitrogens with zero attached hydrogens (tertiary/aromatic N) is 1. The Morgan fingerprint density at radius 2 is 2.09 bits per heavy atom. The van der Waals surface area contributed by atoms with Gasteiger partial charge in [-0.2, -0.15) is 0 Å². The maximum Gasteiger partial charge on any atom is 0.324 e. The first kappa shape index (κ1) is 14.3. The Kier molecular flexibility index (Phi) is 3.24. The van der Waals surface area contributed by atoms with E-state index in [-0.39, 0.29) is 25.3 Å². The average molecular weight is 300 g/mol. The molecule has 0 saturated carbocycles. The van der Waals surface area contributed by atoms with Crippen molar-refractivity contribution in [3.05, 3.63) is 34.7 Å². The van der Waals surface area contributed by atoms with Gasteiger partial charge in [-0.05, 0) is 18.6 Å². The van der Waals surface area contributed by atoms with Gasteiger partial charge in [-0.15, -0.1) is 0 Å². The lowest BCUT2D eigenvalue weighted by atomic mass is 9.72. The first-order valence-corrected chi connectivity index (χ1v) is 7.12. The second-order valence-electron chi connectivity index (χ2n) is 5.34. The molecule has 1 heterocycles. The lowest BCUT2D eigenvalue weighted by molar-refractivity contribution is -0.155. The lowest BCUT2D eigenvalue weighted by Gasteiger charge is -2.39. The molecule has 1 aromatic carbocycles. The number of ketones is 1. The Morgan fingerprint density at radius 3 is 2.77 bits per heavy atom. The molecular weight excluding hydrogens is 284 g/mol. The van der Waals surface area contributed by atoms with Crippen LogP contribution in [0.2, 0.25) is 0 Å². The van der Waals surface area contributed by atoms with Crippen molar-refractivity contribution in [3.63, 3.8) is 0 Å². The monoisotopic (exact) mass is 300 g/mol. The highest BCUT2D eigenvalue weighted by atomic mass is 16.5. The number of carbonyl (C=O) groups is 3. The van der Waals surface area contributed by atoms with E-state index in [0.717, 1.165) is 5.22 Å². The lowest BCUT2D eigenvalue weighted by Crippen LogP contribution is -2.58. The van der Waals surface area contributed by atoms with E-state index in [1.165, 1.54) is 4.90 Å². The summed E-state index contributed by atoms with van der Waals surface area (Å²) in [5, 5.41) is 1.35. The molecule has 22 heavy (non-hydrogen) atoms. The molecule has 6 nitrogen and oxygen atoms in total. The molecule has 6 heteroatoms. The number of rotatable bonds is 2. The summed E-state index contributed by atoms with van der Waals surface area (Å²) in [5.74, 6) is -0.995. The summed E-state index contributed by atoms with van der Waals surface area (Å²) >= 11 is 0. The van der Waals surface area contributed by atoms with Crippen LogP contribution in [0.3, 0.4) is 0 Å². The van der Waals surface area contributed by atoms with E-state index >= 15 is 0 Å². The van der Waals surface area contributed by atoms with Gasteiger partial charge in [0, 0.05) is 11.8 Å². The SMILES string of the molecule is CCOC(=O)C12C=c3ccccc3=C(C1=O)N(C(N)=O)CC2. The Labute approximate surface area is 126 Å². The number of carbonyl (C=O) groups excluding carboxylic acids is 3. The quantitative estimate of drug-likeness (QED) is 0.588. The van der Waals surface area contributed by atoms with Gasteiger partial charge in [0.25, 0.3) is 0 Å². The number of esters is 1. The van der Waals surface area contributed by atoms with Crippen LogP contribution < -0.4 is 16.2 Å². The molecule has 0 spiro atoms. The summed E-state index contributed by atoms with van der Waals surface area (Å²) in [4.78, 5) is 38.2. The zero-order chi connectivity index (χ0) is 15.9. The zero-order valence-electron chi connectivity index (χ0n) is 12.2. The van der Waals surface area contributed by atoms with Crippen LogP contribution in [-0.4, -0.2) is 35.8 Å². The molecule has 1 unspecified atom stereocenters. The van der Waals surface area contributed by atoms with Gasteiger partial charge in [0.05, 0.1) is 12.3 Å². The van der Waals surface area contributed by atoms with E-state index in [9.17, 15) is 14.4 Å². The van der Waals surface area contributed by atoms with Crippen LogP contribution in [-0.2, 0) is 14.3 Å². The summed E-state index contributed by atoms with van der Waals surface area (Å²) in [6.45, 7) is 2.09. The minimum atomic E-state index is -1.36. The van der Waals surface area contributed by atoms with Crippen LogP contribution in [0.15, 0.2) is 24.3 Å². The van der Waals surface area contributed by atoms with E-state index in [1.54, 1.807) is 31.2 Å². The molecule has 1 fully saturated rings.